The van der Waals surface area contributed by atoms with Crippen molar-refractivity contribution in [3.05, 3.63) is 112 Å². The summed E-state index contributed by atoms with van der Waals surface area (Å²) < 4.78 is 6.21. The Hall–Kier alpha value is -4.69. The quantitative estimate of drug-likeness (QED) is 0.237. The largest absolute Gasteiger partial charge is 0.508 e. The number of ether oxygens (including phenoxy) is 1. The van der Waals surface area contributed by atoms with Gasteiger partial charge in [0.25, 0.3) is 0 Å². The number of benzene rings is 3. The first-order chi connectivity index (χ1) is 24.3. The Labute approximate surface area is 295 Å². The number of anilines is 1. The molecule has 0 spiro atoms. The van der Waals surface area contributed by atoms with Crippen molar-refractivity contribution in [1.82, 2.24) is 4.90 Å². The number of imide groups is 2. The van der Waals surface area contributed by atoms with Crippen molar-refractivity contribution in [2.75, 3.05) is 4.90 Å². The molecular formula is C41H37ClN2O6. The van der Waals surface area contributed by atoms with E-state index in [4.69, 9.17) is 16.3 Å². The number of phenolic OH excluding ortho intramolecular Hbond substituents is 1. The van der Waals surface area contributed by atoms with E-state index < -0.39 is 35.0 Å². The predicted octanol–water partition coefficient (Wildman–Crippen LogP) is 6.89. The lowest BCUT2D eigenvalue weighted by molar-refractivity contribution is -0.144. The second kappa shape index (κ2) is 11.7. The van der Waals surface area contributed by atoms with Gasteiger partial charge in [-0.25, -0.2) is 4.90 Å². The van der Waals surface area contributed by atoms with E-state index in [9.17, 15) is 19.5 Å². The number of amides is 4. The Balaban J connectivity index is 1.24. The van der Waals surface area contributed by atoms with Gasteiger partial charge in [0, 0.05) is 29.0 Å². The van der Waals surface area contributed by atoms with Crippen LogP contribution in [0.2, 0.25) is 5.02 Å². The fraction of sp³-hybridized carbons (Fsp3) is 0.366. The van der Waals surface area contributed by atoms with Crippen LogP contribution in [0.5, 0.6) is 11.5 Å². The Bertz CT molecular complexity index is 2020. The molecule has 3 heterocycles. The number of aromatic hydroxyl groups is 1. The van der Waals surface area contributed by atoms with Gasteiger partial charge in [-0.3, -0.25) is 24.1 Å². The van der Waals surface area contributed by atoms with Crippen molar-refractivity contribution >= 4 is 40.9 Å². The Kier molecular flexibility index (Phi) is 7.32. The van der Waals surface area contributed by atoms with Crippen LogP contribution in [0, 0.1) is 29.6 Å². The SMILES string of the molecule is O=C1C2CC3C(=CCC4C(=O)N(C5CCCCC5)C(=O)C43)C(C3=COc4ccc(O)cc4C3)C2(c2ccccc2)C(=O)N1c1cccc(Cl)c1. The monoisotopic (exact) mass is 688 g/mol. The second-order valence-electron chi connectivity index (χ2n) is 14.7. The topological polar surface area (TPSA) is 104 Å². The fourth-order valence-corrected chi connectivity index (χ4v) is 10.5. The molecule has 4 amide bonds. The molecule has 2 saturated carbocycles. The number of fused-ring (bicyclic) bond motifs is 5. The van der Waals surface area contributed by atoms with Crippen LogP contribution in [0.15, 0.2) is 96.3 Å². The maximum absolute atomic E-state index is 15.4. The first-order valence-electron chi connectivity index (χ1n) is 17.7. The number of carbonyl (C=O) groups excluding carboxylic acids is 4. The zero-order chi connectivity index (χ0) is 34.3. The maximum atomic E-state index is 15.4. The molecule has 1 N–H and O–H groups in total. The zero-order valence-electron chi connectivity index (χ0n) is 27.5. The first kappa shape index (κ1) is 31.3. The Morgan fingerprint density at radius 1 is 0.840 bits per heavy atom. The lowest BCUT2D eigenvalue weighted by Crippen LogP contribution is -2.55. The van der Waals surface area contributed by atoms with Gasteiger partial charge in [-0.05, 0) is 79.1 Å². The number of rotatable bonds is 4. The average Bonchev–Trinajstić information content (AvgIpc) is 3.52. The van der Waals surface area contributed by atoms with Crippen molar-refractivity contribution in [2.45, 2.75) is 62.8 Å². The Morgan fingerprint density at radius 3 is 2.42 bits per heavy atom. The van der Waals surface area contributed by atoms with E-state index >= 15 is 4.79 Å². The van der Waals surface area contributed by atoms with Crippen LogP contribution in [0.25, 0.3) is 0 Å². The molecule has 6 unspecified atom stereocenters. The zero-order valence-corrected chi connectivity index (χ0v) is 28.2. The number of phenols is 1. The molecular weight excluding hydrogens is 652 g/mol. The van der Waals surface area contributed by atoms with Gasteiger partial charge in [0.05, 0.1) is 35.1 Å². The van der Waals surface area contributed by atoms with Crippen molar-refractivity contribution in [1.29, 1.82) is 0 Å². The summed E-state index contributed by atoms with van der Waals surface area (Å²) in [6.45, 7) is 0. The number of hydrogen-bond donors (Lipinski definition) is 1. The molecule has 3 aliphatic heterocycles. The van der Waals surface area contributed by atoms with Crippen LogP contribution in [0.1, 0.15) is 56.1 Å². The molecule has 9 rings (SSSR count). The van der Waals surface area contributed by atoms with E-state index in [0.29, 0.717) is 34.9 Å². The molecule has 0 bridgehead atoms. The summed E-state index contributed by atoms with van der Waals surface area (Å²) in [6, 6.07) is 21.1. The summed E-state index contributed by atoms with van der Waals surface area (Å²) in [7, 11) is 0. The molecule has 8 nitrogen and oxygen atoms in total. The lowest BCUT2D eigenvalue weighted by Gasteiger charge is -2.51. The molecule has 4 fully saturated rings. The second-order valence-corrected chi connectivity index (χ2v) is 15.1. The summed E-state index contributed by atoms with van der Waals surface area (Å²) in [5.74, 6) is -3.24. The molecule has 6 aliphatic rings. The molecule has 3 aromatic carbocycles. The summed E-state index contributed by atoms with van der Waals surface area (Å²) in [5.41, 5.74) is 2.18. The highest BCUT2D eigenvalue weighted by Gasteiger charge is 2.70. The Morgan fingerprint density at radius 2 is 1.64 bits per heavy atom. The lowest BCUT2D eigenvalue weighted by atomic mass is 9.48. The van der Waals surface area contributed by atoms with Crippen LogP contribution in [0.3, 0.4) is 0 Å². The third-order valence-corrected chi connectivity index (χ3v) is 12.5. The third kappa shape index (κ3) is 4.43. The van der Waals surface area contributed by atoms with E-state index in [1.54, 1.807) is 53.6 Å². The standard InChI is InChI=1S/C41H37ClN2O6/c42-26-10-7-13-28(20-26)44-38(47)33-21-32-30(15-16-31-35(32)39(48)43(37(31)46)27-11-5-2-6-12-27)36(41(33,40(44)49)25-8-3-1-4-9-25)24-18-23-19-29(45)14-17-34(23)50-22-24/h1,3-4,7-10,13-15,17,19-20,22,27,31-33,35-36,45H,2,5-6,11-12,16,18,21H2. The normalized spacial score (nSPS) is 30.6. The summed E-state index contributed by atoms with van der Waals surface area (Å²) in [4.78, 5) is 61.8. The average molecular weight is 689 g/mol. The van der Waals surface area contributed by atoms with E-state index in [0.717, 1.165) is 48.8 Å². The van der Waals surface area contributed by atoms with Gasteiger partial charge >= 0.3 is 0 Å². The molecule has 3 aliphatic carbocycles. The van der Waals surface area contributed by atoms with E-state index in [1.165, 1.54) is 4.90 Å². The summed E-state index contributed by atoms with van der Waals surface area (Å²) >= 11 is 6.42. The smallest absolute Gasteiger partial charge is 0.246 e. The molecule has 50 heavy (non-hydrogen) atoms. The number of halogens is 1. The van der Waals surface area contributed by atoms with Crippen molar-refractivity contribution in [2.24, 2.45) is 29.6 Å². The van der Waals surface area contributed by atoms with Crippen LogP contribution in [-0.2, 0) is 31.0 Å². The number of hydrogen-bond acceptors (Lipinski definition) is 6. The van der Waals surface area contributed by atoms with Gasteiger partial charge in [0.1, 0.15) is 11.5 Å². The van der Waals surface area contributed by atoms with Gasteiger partial charge in [-0.15, -0.1) is 0 Å². The number of nitrogens with zero attached hydrogens (tertiary/aromatic N) is 2. The van der Waals surface area contributed by atoms with Crippen LogP contribution >= 0.6 is 11.6 Å². The van der Waals surface area contributed by atoms with Crippen molar-refractivity contribution < 1.29 is 29.0 Å². The van der Waals surface area contributed by atoms with Gasteiger partial charge in [-0.1, -0.05) is 78.9 Å². The molecule has 0 radical (unpaired) electrons. The maximum Gasteiger partial charge on any atom is 0.246 e. The van der Waals surface area contributed by atoms with E-state index in [2.05, 4.69) is 6.08 Å². The minimum absolute atomic E-state index is 0.0905. The molecule has 9 heteroatoms. The highest BCUT2D eigenvalue weighted by atomic mass is 35.5. The molecule has 254 valence electrons. The van der Waals surface area contributed by atoms with Crippen molar-refractivity contribution in [3.63, 3.8) is 0 Å². The highest BCUT2D eigenvalue weighted by molar-refractivity contribution is 6.32. The molecule has 3 aromatic rings. The summed E-state index contributed by atoms with van der Waals surface area (Å²) in [6.07, 6.45) is 9.53. The molecule has 2 saturated heterocycles. The number of carbonyl (C=O) groups is 4. The van der Waals surface area contributed by atoms with Crippen LogP contribution in [-0.4, -0.2) is 39.7 Å². The van der Waals surface area contributed by atoms with E-state index in [1.807, 2.05) is 30.3 Å². The minimum atomic E-state index is -1.37. The van der Waals surface area contributed by atoms with Crippen LogP contribution in [0.4, 0.5) is 5.69 Å². The van der Waals surface area contributed by atoms with Gasteiger partial charge in [0.15, 0.2) is 0 Å². The van der Waals surface area contributed by atoms with Crippen molar-refractivity contribution in [3.8, 4) is 11.5 Å². The number of allylic oxidation sites excluding steroid dienone is 3. The summed E-state index contributed by atoms with van der Waals surface area (Å²) in [5, 5.41) is 10.8. The van der Waals surface area contributed by atoms with Gasteiger partial charge < -0.3 is 9.84 Å². The first-order valence-corrected chi connectivity index (χ1v) is 18.1. The minimum Gasteiger partial charge on any atom is -0.508 e. The van der Waals surface area contributed by atoms with Gasteiger partial charge in [-0.2, -0.15) is 0 Å². The highest BCUT2D eigenvalue weighted by Crippen LogP contribution is 2.64. The predicted molar refractivity (Wildman–Crippen MR) is 186 cm³/mol. The molecule has 0 aromatic heterocycles. The van der Waals surface area contributed by atoms with Gasteiger partial charge in [0.2, 0.25) is 23.6 Å². The van der Waals surface area contributed by atoms with Crippen LogP contribution < -0.4 is 9.64 Å². The third-order valence-electron chi connectivity index (χ3n) is 12.3. The van der Waals surface area contributed by atoms with E-state index in [-0.39, 0.29) is 41.8 Å². The fourth-order valence-electron chi connectivity index (χ4n) is 10.3. The number of likely N-dealkylation sites (tertiary alicyclic amines) is 1. The molecule has 6 atom stereocenters.